The number of benzene rings is 1. The molecule has 1 aromatic rings. The summed E-state index contributed by atoms with van der Waals surface area (Å²) in [5.74, 6) is 0.180. The molecule has 90 valence electrons. The Balaban J connectivity index is 1.85. The van der Waals surface area contributed by atoms with Gasteiger partial charge in [0.05, 0.1) is 6.67 Å². The van der Waals surface area contributed by atoms with Crippen molar-refractivity contribution >= 4 is 23.2 Å². The van der Waals surface area contributed by atoms with Crippen LogP contribution in [0.1, 0.15) is 0 Å². The third-order valence-electron chi connectivity index (χ3n) is 3.37. The molecular formula is C12H14ClN3O. The van der Waals surface area contributed by atoms with E-state index in [1.807, 2.05) is 29.2 Å². The normalized spacial score (nSPS) is 25.1. The Morgan fingerprint density at radius 1 is 1.29 bits per heavy atom. The Morgan fingerprint density at radius 2 is 2.06 bits per heavy atom. The van der Waals surface area contributed by atoms with Crippen molar-refractivity contribution in [3.8, 4) is 0 Å². The second-order valence-corrected chi connectivity index (χ2v) is 4.85. The lowest BCUT2D eigenvalue weighted by Crippen LogP contribution is -2.50. The summed E-state index contributed by atoms with van der Waals surface area (Å²) in [6, 6.07) is 7.43. The summed E-state index contributed by atoms with van der Waals surface area (Å²) in [5, 5.41) is 3.95. The number of piperazine rings is 1. The van der Waals surface area contributed by atoms with Crippen LogP contribution in [0.3, 0.4) is 0 Å². The molecule has 17 heavy (non-hydrogen) atoms. The van der Waals surface area contributed by atoms with Crippen molar-refractivity contribution in [3.05, 3.63) is 29.3 Å². The predicted octanol–water partition coefficient (Wildman–Crippen LogP) is 0.918. The number of nitrogens with zero attached hydrogens (tertiary/aromatic N) is 2. The summed E-state index contributed by atoms with van der Waals surface area (Å²) < 4.78 is 0. The summed E-state index contributed by atoms with van der Waals surface area (Å²) in [4.78, 5) is 16.3. The van der Waals surface area contributed by atoms with Gasteiger partial charge in [-0.2, -0.15) is 0 Å². The molecule has 2 aliphatic heterocycles. The van der Waals surface area contributed by atoms with Gasteiger partial charge in [0.1, 0.15) is 6.04 Å². The highest BCUT2D eigenvalue weighted by Gasteiger charge is 2.39. The first-order valence-corrected chi connectivity index (χ1v) is 6.15. The maximum atomic E-state index is 12.2. The summed E-state index contributed by atoms with van der Waals surface area (Å²) in [7, 11) is 0. The highest BCUT2D eigenvalue weighted by molar-refractivity contribution is 6.30. The van der Waals surface area contributed by atoms with E-state index >= 15 is 0 Å². The molecule has 1 aromatic carbocycles. The third-order valence-corrected chi connectivity index (χ3v) is 3.62. The maximum Gasteiger partial charge on any atom is 0.246 e. The molecular weight excluding hydrogens is 238 g/mol. The number of nitrogens with one attached hydrogen (secondary N) is 1. The molecule has 2 aliphatic rings. The molecule has 0 aliphatic carbocycles. The molecule has 3 rings (SSSR count). The Labute approximate surface area is 105 Å². The van der Waals surface area contributed by atoms with Gasteiger partial charge >= 0.3 is 0 Å². The zero-order valence-electron chi connectivity index (χ0n) is 9.40. The molecule has 1 amide bonds. The highest BCUT2D eigenvalue weighted by Crippen LogP contribution is 2.25. The quantitative estimate of drug-likeness (QED) is 0.806. The lowest BCUT2D eigenvalue weighted by molar-refractivity contribution is -0.119. The van der Waals surface area contributed by atoms with Crippen molar-refractivity contribution in [1.29, 1.82) is 0 Å². The SMILES string of the molecule is O=C1C2CNCCN2CN1c1ccc(Cl)cc1. The summed E-state index contributed by atoms with van der Waals surface area (Å²) in [6.07, 6.45) is 0. The number of halogens is 1. The fourth-order valence-electron chi connectivity index (χ4n) is 2.42. The smallest absolute Gasteiger partial charge is 0.246 e. The van der Waals surface area contributed by atoms with Crippen molar-refractivity contribution in [2.45, 2.75) is 6.04 Å². The second-order valence-electron chi connectivity index (χ2n) is 4.42. The fourth-order valence-corrected chi connectivity index (χ4v) is 2.55. The monoisotopic (exact) mass is 251 g/mol. The van der Waals surface area contributed by atoms with E-state index in [-0.39, 0.29) is 11.9 Å². The lowest BCUT2D eigenvalue weighted by atomic mass is 10.2. The van der Waals surface area contributed by atoms with Gasteiger partial charge in [-0.15, -0.1) is 0 Å². The average Bonchev–Trinajstić information content (AvgIpc) is 2.69. The number of hydrogen-bond donors (Lipinski definition) is 1. The van der Waals surface area contributed by atoms with Crippen molar-refractivity contribution in [1.82, 2.24) is 10.2 Å². The van der Waals surface area contributed by atoms with Gasteiger partial charge < -0.3 is 5.32 Å². The molecule has 0 aromatic heterocycles. The van der Waals surface area contributed by atoms with Crippen LogP contribution in [0, 0.1) is 0 Å². The Morgan fingerprint density at radius 3 is 2.76 bits per heavy atom. The minimum absolute atomic E-state index is 0.000530. The van der Waals surface area contributed by atoms with E-state index in [0.717, 1.165) is 25.3 Å². The molecule has 1 N–H and O–H groups in total. The van der Waals surface area contributed by atoms with Crippen LogP contribution in [0.4, 0.5) is 5.69 Å². The summed E-state index contributed by atoms with van der Waals surface area (Å²) in [5.41, 5.74) is 0.925. The first-order chi connectivity index (χ1) is 8.25. The predicted molar refractivity (Wildman–Crippen MR) is 67.2 cm³/mol. The number of amides is 1. The van der Waals surface area contributed by atoms with E-state index in [2.05, 4.69) is 10.2 Å². The first-order valence-electron chi connectivity index (χ1n) is 5.77. The van der Waals surface area contributed by atoms with Gasteiger partial charge in [-0.25, -0.2) is 0 Å². The van der Waals surface area contributed by atoms with Gasteiger partial charge in [-0.3, -0.25) is 14.6 Å². The summed E-state index contributed by atoms with van der Waals surface area (Å²) in [6.45, 7) is 3.33. The van der Waals surface area contributed by atoms with E-state index in [1.165, 1.54) is 0 Å². The third kappa shape index (κ3) is 1.92. The fraction of sp³-hybridized carbons (Fsp3) is 0.417. The van der Waals surface area contributed by atoms with Crippen LogP contribution in [0.2, 0.25) is 5.02 Å². The average molecular weight is 252 g/mol. The molecule has 0 saturated carbocycles. The van der Waals surface area contributed by atoms with Gasteiger partial charge in [0.15, 0.2) is 0 Å². The van der Waals surface area contributed by atoms with Gasteiger partial charge in [-0.05, 0) is 24.3 Å². The van der Waals surface area contributed by atoms with E-state index in [4.69, 9.17) is 11.6 Å². The van der Waals surface area contributed by atoms with Crippen molar-refractivity contribution in [2.24, 2.45) is 0 Å². The largest absolute Gasteiger partial charge is 0.313 e. The Bertz CT molecular complexity index is 434. The minimum Gasteiger partial charge on any atom is -0.313 e. The van der Waals surface area contributed by atoms with Crippen LogP contribution in [-0.4, -0.2) is 43.2 Å². The lowest BCUT2D eigenvalue weighted by Gasteiger charge is -2.26. The van der Waals surface area contributed by atoms with Gasteiger partial charge in [0.2, 0.25) is 5.91 Å². The molecule has 2 heterocycles. The van der Waals surface area contributed by atoms with Crippen LogP contribution >= 0.6 is 11.6 Å². The number of fused-ring (bicyclic) bond motifs is 1. The molecule has 2 saturated heterocycles. The van der Waals surface area contributed by atoms with E-state index in [1.54, 1.807) is 0 Å². The van der Waals surface area contributed by atoms with E-state index in [0.29, 0.717) is 11.7 Å². The van der Waals surface area contributed by atoms with Crippen molar-refractivity contribution in [2.75, 3.05) is 31.2 Å². The molecule has 0 spiro atoms. The molecule has 4 nitrogen and oxygen atoms in total. The molecule has 2 fully saturated rings. The zero-order chi connectivity index (χ0) is 11.8. The van der Waals surface area contributed by atoms with Crippen LogP contribution in [0.5, 0.6) is 0 Å². The van der Waals surface area contributed by atoms with E-state index < -0.39 is 0 Å². The molecule has 0 bridgehead atoms. The summed E-state index contributed by atoms with van der Waals surface area (Å²) >= 11 is 5.85. The van der Waals surface area contributed by atoms with Crippen LogP contribution in [-0.2, 0) is 4.79 Å². The van der Waals surface area contributed by atoms with Gasteiger partial charge in [0.25, 0.3) is 0 Å². The highest BCUT2D eigenvalue weighted by atomic mass is 35.5. The molecule has 1 atom stereocenters. The van der Waals surface area contributed by atoms with Crippen molar-refractivity contribution < 1.29 is 4.79 Å². The molecule has 5 heteroatoms. The van der Waals surface area contributed by atoms with Gasteiger partial charge in [0, 0.05) is 30.3 Å². The number of carbonyl (C=O) groups excluding carboxylic acids is 1. The standard InChI is InChI=1S/C12H14ClN3O/c13-9-1-3-10(4-2-9)16-8-15-6-5-14-7-11(15)12(16)17/h1-4,11,14H,5-8H2. The number of carbonyl (C=O) groups is 1. The second kappa shape index (κ2) is 4.29. The van der Waals surface area contributed by atoms with Crippen LogP contribution in [0.15, 0.2) is 24.3 Å². The topological polar surface area (TPSA) is 35.6 Å². The Hall–Kier alpha value is -1.10. The Kier molecular flexibility index (Phi) is 2.78. The van der Waals surface area contributed by atoms with Crippen LogP contribution in [0.25, 0.3) is 0 Å². The van der Waals surface area contributed by atoms with E-state index in [9.17, 15) is 4.79 Å². The number of hydrogen-bond acceptors (Lipinski definition) is 3. The minimum atomic E-state index is -0.000530. The van der Waals surface area contributed by atoms with Gasteiger partial charge in [-0.1, -0.05) is 11.6 Å². The van der Waals surface area contributed by atoms with Crippen molar-refractivity contribution in [3.63, 3.8) is 0 Å². The number of rotatable bonds is 1. The molecule has 0 radical (unpaired) electrons. The van der Waals surface area contributed by atoms with Crippen LogP contribution < -0.4 is 10.2 Å². The zero-order valence-corrected chi connectivity index (χ0v) is 10.2. The maximum absolute atomic E-state index is 12.2. The first kappa shape index (κ1) is 11.0. The number of anilines is 1. The molecule has 1 unspecified atom stereocenters.